The quantitative estimate of drug-likeness (QED) is 0.653. The second-order valence-electron chi connectivity index (χ2n) is 4.21. The molecule has 0 fully saturated rings. The fraction of sp³-hybridized carbons (Fsp3) is 0.133. The van der Waals surface area contributed by atoms with E-state index in [0.717, 1.165) is 10.0 Å². The van der Waals surface area contributed by atoms with Crippen LogP contribution in [-0.4, -0.2) is 5.78 Å². The van der Waals surface area contributed by atoms with Crippen molar-refractivity contribution in [2.24, 2.45) is 0 Å². The lowest BCUT2D eigenvalue weighted by Crippen LogP contribution is -2.01. The Morgan fingerprint density at radius 2 is 1.74 bits per heavy atom. The molecule has 0 unspecified atom stereocenters. The van der Waals surface area contributed by atoms with Crippen LogP contribution >= 0.6 is 39.1 Å². The maximum absolute atomic E-state index is 12.1. The summed E-state index contributed by atoms with van der Waals surface area (Å²) in [6, 6.07) is 12.9. The molecule has 0 saturated carbocycles. The Bertz CT molecular complexity index is 591. The Hall–Kier alpha value is -0.830. The highest BCUT2D eigenvalue weighted by molar-refractivity contribution is 9.10. The first-order valence-corrected chi connectivity index (χ1v) is 7.33. The predicted molar refractivity (Wildman–Crippen MR) is 83.3 cm³/mol. The molecule has 2 aromatic carbocycles. The molecule has 0 heterocycles. The number of halogens is 3. The number of carbonyl (C=O) groups is 1. The van der Waals surface area contributed by atoms with Crippen molar-refractivity contribution in [1.29, 1.82) is 0 Å². The van der Waals surface area contributed by atoms with Crippen LogP contribution in [0, 0.1) is 0 Å². The highest BCUT2D eigenvalue weighted by Gasteiger charge is 2.08. The summed E-state index contributed by atoms with van der Waals surface area (Å²) in [5.74, 6) is 0.0457. The molecule has 0 saturated heterocycles. The van der Waals surface area contributed by atoms with Crippen molar-refractivity contribution < 1.29 is 4.79 Å². The van der Waals surface area contributed by atoms with E-state index in [9.17, 15) is 4.79 Å². The third kappa shape index (κ3) is 4.34. The van der Waals surface area contributed by atoms with E-state index < -0.39 is 0 Å². The summed E-state index contributed by atoms with van der Waals surface area (Å²) >= 11 is 15.2. The van der Waals surface area contributed by atoms with Crippen molar-refractivity contribution in [3.05, 3.63) is 68.1 Å². The van der Waals surface area contributed by atoms with Gasteiger partial charge in [-0.05, 0) is 42.3 Å². The van der Waals surface area contributed by atoms with Gasteiger partial charge in [-0.2, -0.15) is 0 Å². The molecular formula is C15H11BrCl2O. The molecule has 98 valence electrons. The van der Waals surface area contributed by atoms with Crippen molar-refractivity contribution in [2.75, 3.05) is 0 Å². The highest BCUT2D eigenvalue weighted by atomic mass is 79.9. The summed E-state index contributed by atoms with van der Waals surface area (Å²) in [7, 11) is 0. The van der Waals surface area contributed by atoms with Crippen molar-refractivity contribution in [3.8, 4) is 0 Å². The van der Waals surface area contributed by atoms with Crippen LogP contribution in [0.15, 0.2) is 46.9 Å². The lowest BCUT2D eigenvalue weighted by atomic mass is 10.0. The number of benzene rings is 2. The van der Waals surface area contributed by atoms with E-state index >= 15 is 0 Å². The van der Waals surface area contributed by atoms with Crippen molar-refractivity contribution >= 4 is 44.9 Å². The molecule has 0 N–H and O–H groups in total. The van der Waals surface area contributed by atoms with Gasteiger partial charge in [0, 0.05) is 26.5 Å². The van der Waals surface area contributed by atoms with E-state index in [0.29, 0.717) is 28.5 Å². The summed E-state index contributed by atoms with van der Waals surface area (Å²) in [5.41, 5.74) is 1.68. The van der Waals surface area contributed by atoms with E-state index in [1.54, 1.807) is 18.2 Å². The standard InChI is InChI=1S/C15H11BrCl2O/c16-12-3-1-2-10(6-12)4-5-15(19)11-7-13(17)9-14(18)8-11/h1-3,6-9H,4-5H2. The average Bonchev–Trinajstić information content (AvgIpc) is 2.35. The number of rotatable bonds is 4. The van der Waals surface area contributed by atoms with Gasteiger partial charge in [0.05, 0.1) is 0 Å². The Kier molecular flexibility index (Phi) is 5.03. The van der Waals surface area contributed by atoms with Crippen LogP contribution in [-0.2, 0) is 6.42 Å². The van der Waals surface area contributed by atoms with Crippen LogP contribution in [0.4, 0.5) is 0 Å². The molecule has 0 amide bonds. The molecule has 0 aliphatic carbocycles. The molecular weight excluding hydrogens is 347 g/mol. The van der Waals surface area contributed by atoms with Gasteiger partial charge in [0.1, 0.15) is 0 Å². The first-order valence-electron chi connectivity index (χ1n) is 5.78. The SMILES string of the molecule is O=C(CCc1cccc(Br)c1)c1cc(Cl)cc(Cl)c1. The normalized spacial score (nSPS) is 10.5. The van der Waals surface area contributed by atoms with Crippen LogP contribution < -0.4 is 0 Å². The van der Waals surface area contributed by atoms with Gasteiger partial charge in [-0.1, -0.05) is 51.3 Å². The number of hydrogen-bond acceptors (Lipinski definition) is 1. The summed E-state index contributed by atoms with van der Waals surface area (Å²) < 4.78 is 1.02. The minimum atomic E-state index is 0.0457. The first-order chi connectivity index (χ1) is 9.04. The number of Topliss-reactive ketones (excluding diaryl/α,β-unsaturated/α-hetero) is 1. The zero-order valence-corrected chi connectivity index (χ0v) is 13.1. The molecule has 0 aromatic heterocycles. The van der Waals surface area contributed by atoms with Crippen LogP contribution in [0.25, 0.3) is 0 Å². The lowest BCUT2D eigenvalue weighted by molar-refractivity contribution is 0.0983. The van der Waals surface area contributed by atoms with Gasteiger partial charge < -0.3 is 0 Å². The molecule has 1 nitrogen and oxygen atoms in total. The Labute approximate surface area is 130 Å². The Balaban J connectivity index is 2.05. The van der Waals surface area contributed by atoms with Crippen LogP contribution in [0.3, 0.4) is 0 Å². The average molecular weight is 358 g/mol. The second-order valence-corrected chi connectivity index (χ2v) is 6.00. The number of carbonyl (C=O) groups excluding carboxylic acids is 1. The molecule has 0 aliphatic rings. The molecule has 0 spiro atoms. The fourth-order valence-corrected chi connectivity index (χ4v) is 2.78. The monoisotopic (exact) mass is 356 g/mol. The van der Waals surface area contributed by atoms with Gasteiger partial charge in [-0.25, -0.2) is 0 Å². The predicted octanol–water partition coefficient (Wildman–Crippen LogP) is 5.57. The van der Waals surface area contributed by atoms with E-state index in [-0.39, 0.29) is 5.78 Å². The van der Waals surface area contributed by atoms with Crippen LogP contribution in [0.2, 0.25) is 10.0 Å². The van der Waals surface area contributed by atoms with Crippen LogP contribution in [0.1, 0.15) is 22.3 Å². The molecule has 4 heteroatoms. The molecule has 0 bridgehead atoms. The van der Waals surface area contributed by atoms with Gasteiger partial charge >= 0.3 is 0 Å². The van der Waals surface area contributed by atoms with Gasteiger partial charge in [0.15, 0.2) is 5.78 Å². The zero-order chi connectivity index (χ0) is 13.8. The molecule has 2 aromatic rings. The number of aryl methyl sites for hydroxylation is 1. The van der Waals surface area contributed by atoms with Crippen molar-refractivity contribution in [1.82, 2.24) is 0 Å². The molecule has 2 rings (SSSR count). The highest BCUT2D eigenvalue weighted by Crippen LogP contribution is 2.21. The third-order valence-electron chi connectivity index (χ3n) is 2.71. The first kappa shape index (κ1) is 14.6. The summed E-state index contributed by atoms with van der Waals surface area (Å²) in [6.45, 7) is 0. The number of hydrogen-bond donors (Lipinski definition) is 0. The lowest BCUT2D eigenvalue weighted by Gasteiger charge is -2.04. The summed E-state index contributed by atoms with van der Waals surface area (Å²) in [4.78, 5) is 12.1. The van der Waals surface area contributed by atoms with E-state index in [4.69, 9.17) is 23.2 Å². The largest absolute Gasteiger partial charge is 0.294 e. The van der Waals surface area contributed by atoms with Gasteiger partial charge in [-0.3, -0.25) is 4.79 Å². The smallest absolute Gasteiger partial charge is 0.163 e. The van der Waals surface area contributed by atoms with E-state index in [1.165, 1.54) is 0 Å². The maximum Gasteiger partial charge on any atom is 0.163 e. The van der Waals surface area contributed by atoms with Gasteiger partial charge in [0.25, 0.3) is 0 Å². The van der Waals surface area contributed by atoms with E-state index in [1.807, 2.05) is 24.3 Å². The Morgan fingerprint density at radius 1 is 1.05 bits per heavy atom. The molecule has 0 aliphatic heterocycles. The second kappa shape index (κ2) is 6.56. The van der Waals surface area contributed by atoms with Crippen LogP contribution in [0.5, 0.6) is 0 Å². The number of ketones is 1. The van der Waals surface area contributed by atoms with E-state index in [2.05, 4.69) is 15.9 Å². The molecule has 0 atom stereocenters. The van der Waals surface area contributed by atoms with Crippen molar-refractivity contribution in [3.63, 3.8) is 0 Å². The zero-order valence-electron chi connectivity index (χ0n) is 10.00. The Morgan fingerprint density at radius 3 is 2.37 bits per heavy atom. The minimum absolute atomic E-state index is 0.0457. The molecule has 0 radical (unpaired) electrons. The minimum Gasteiger partial charge on any atom is -0.294 e. The molecule has 19 heavy (non-hydrogen) atoms. The van der Waals surface area contributed by atoms with Gasteiger partial charge in [-0.15, -0.1) is 0 Å². The summed E-state index contributed by atoms with van der Waals surface area (Å²) in [5, 5.41) is 0.969. The topological polar surface area (TPSA) is 17.1 Å². The van der Waals surface area contributed by atoms with Gasteiger partial charge in [0.2, 0.25) is 0 Å². The summed E-state index contributed by atoms with van der Waals surface area (Å²) in [6.07, 6.45) is 1.13. The third-order valence-corrected chi connectivity index (χ3v) is 3.64. The van der Waals surface area contributed by atoms with Crippen molar-refractivity contribution in [2.45, 2.75) is 12.8 Å². The fourth-order valence-electron chi connectivity index (χ4n) is 1.81. The maximum atomic E-state index is 12.1.